The maximum absolute atomic E-state index is 13.9. The lowest BCUT2D eigenvalue weighted by molar-refractivity contribution is 0.381. The van der Waals surface area contributed by atoms with E-state index in [4.69, 9.17) is 4.74 Å². The monoisotopic (exact) mass is 283 g/mol. The molecule has 0 amide bonds. The van der Waals surface area contributed by atoms with Crippen LogP contribution in [0.2, 0.25) is 0 Å². The highest BCUT2D eigenvalue weighted by Crippen LogP contribution is 2.29. The van der Waals surface area contributed by atoms with Crippen molar-refractivity contribution in [3.8, 4) is 5.88 Å². The molecule has 20 heavy (non-hydrogen) atoms. The molecule has 0 aliphatic rings. The Hall–Kier alpha value is -2.15. The molecule has 0 fully saturated rings. The maximum Gasteiger partial charge on any atom is 0.237 e. The van der Waals surface area contributed by atoms with Crippen LogP contribution in [-0.4, -0.2) is 24.1 Å². The van der Waals surface area contributed by atoms with Gasteiger partial charge in [0.15, 0.2) is 17.5 Å². The van der Waals surface area contributed by atoms with Gasteiger partial charge in [0, 0.05) is 18.0 Å². The molecule has 0 radical (unpaired) electrons. The van der Waals surface area contributed by atoms with E-state index in [9.17, 15) is 13.2 Å². The number of methoxy groups -OCH3 is 1. The fraction of sp³-hybridized carbons (Fsp3) is 0.231. The number of hydrogen-bond donors (Lipinski definition) is 1. The van der Waals surface area contributed by atoms with E-state index in [2.05, 4.69) is 15.3 Å². The number of nitrogens with zero attached hydrogens (tertiary/aromatic N) is 2. The molecule has 0 aliphatic carbocycles. The van der Waals surface area contributed by atoms with Crippen molar-refractivity contribution in [3.05, 3.63) is 53.2 Å². The summed E-state index contributed by atoms with van der Waals surface area (Å²) in [5.41, 5.74) is 0.201. The molecule has 0 spiro atoms. The molecule has 1 N–H and O–H groups in total. The Labute approximate surface area is 113 Å². The van der Waals surface area contributed by atoms with E-state index in [-0.39, 0.29) is 17.1 Å². The van der Waals surface area contributed by atoms with E-state index >= 15 is 0 Å². The molecule has 1 aromatic carbocycles. The zero-order valence-corrected chi connectivity index (χ0v) is 10.8. The SMILES string of the molecule is CNC(c1ccc(F)c(F)c1F)c1nccnc1OC. The predicted molar refractivity (Wildman–Crippen MR) is 65.8 cm³/mol. The number of nitrogens with one attached hydrogen (secondary N) is 1. The number of rotatable bonds is 4. The van der Waals surface area contributed by atoms with Crippen LogP contribution in [0.5, 0.6) is 5.88 Å². The first kappa shape index (κ1) is 14.3. The minimum absolute atomic E-state index is 0.0785. The van der Waals surface area contributed by atoms with Crippen molar-refractivity contribution in [3.63, 3.8) is 0 Å². The third kappa shape index (κ3) is 2.44. The third-order valence-corrected chi connectivity index (χ3v) is 2.82. The Morgan fingerprint density at radius 1 is 1.10 bits per heavy atom. The zero-order chi connectivity index (χ0) is 14.7. The highest BCUT2D eigenvalue weighted by atomic mass is 19.2. The van der Waals surface area contributed by atoms with Crippen molar-refractivity contribution in [2.45, 2.75) is 6.04 Å². The van der Waals surface area contributed by atoms with Gasteiger partial charge < -0.3 is 10.1 Å². The van der Waals surface area contributed by atoms with E-state index < -0.39 is 23.5 Å². The van der Waals surface area contributed by atoms with Crippen LogP contribution in [-0.2, 0) is 0 Å². The van der Waals surface area contributed by atoms with E-state index in [0.717, 1.165) is 12.1 Å². The molecule has 2 aromatic rings. The van der Waals surface area contributed by atoms with Crippen LogP contribution in [0.15, 0.2) is 24.5 Å². The molecule has 106 valence electrons. The number of ether oxygens (including phenoxy) is 1. The number of halogens is 3. The Balaban J connectivity index is 2.56. The third-order valence-electron chi connectivity index (χ3n) is 2.82. The molecule has 2 rings (SSSR count). The number of benzene rings is 1. The summed E-state index contributed by atoms with van der Waals surface area (Å²) in [5.74, 6) is -3.86. The first-order valence-electron chi connectivity index (χ1n) is 5.75. The summed E-state index contributed by atoms with van der Waals surface area (Å²) in [5, 5.41) is 2.79. The average molecular weight is 283 g/mol. The first-order valence-corrected chi connectivity index (χ1v) is 5.75. The molecule has 1 heterocycles. The van der Waals surface area contributed by atoms with E-state index in [0.29, 0.717) is 0 Å². The van der Waals surface area contributed by atoms with Crippen LogP contribution in [0.4, 0.5) is 13.2 Å². The van der Waals surface area contributed by atoms with Crippen LogP contribution in [0, 0.1) is 17.5 Å². The van der Waals surface area contributed by atoms with E-state index in [1.165, 1.54) is 19.5 Å². The van der Waals surface area contributed by atoms with Crippen molar-refractivity contribution in [2.24, 2.45) is 0 Å². The minimum atomic E-state index is -1.52. The summed E-state index contributed by atoms with van der Waals surface area (Å²) in [4.78, 5) is 8.00. The lowest BCUT2D eigenvalue weighted by Crippen LogP contribution is -2.22. The molecule has 1 unspecified atom stereocenters. The molecule has 0 bridgehead atoms. The van der Waals surface area contributed by atoms with Crippen molar-refractivity contribution >= 4 is 0 Å². The summed E-state index contributed by atoms with van der Waals surface area (Å²) in [6, 6.07) is 1.21. The summed E-state index contributed by atoms with van der Waals surface area (Å²) < 4.78 is 45.2. The van der Waals surface area contributed by atoms with Crippen LogP contribution in [0.1, 0.15) is 17.3 Å². The van der Waals surface area contributed by atoms with Gasteiger partial charge in [-0.15, -0.1) is 0 Å². The smallest absolute Gasteiger partial charge is 0.237 e. The van der Waals surface area contributed by atoms with Gasteiger partial charge >= 0.3 is 0 Å². The van der Waals surface area contributed by atoms with Gasteiger partial charge in [-0.3, -0.25) is 4.98 Å². The fourth-order valence-electron chi connectivity index (χ4n) is 1.89. The van der Waals surface area contributed by atoms with Crippen molar-refractivity contribution in [1.82, 2.24) is 15.3 Å². The molecule has 4 nitrogen and oxygen atoms in total. The van der Waals surface area contributed by atoms with Crippen LogP contribution in [0.25, 0.3) is 0 Å². The topological polar surface area (TPSA) is 47.0 Å². The molecule has 0 saturated heterocycles. The molecule has 0 aliphatic heterocycles. The van der Waals surface area contributed by atoms with Crippen molar-refractivity contribution in [2.75, 3.05) is 14.2 Å². The number of aromatic nitrogens is 2. The molecule has 1 aromatic heterocycles. The predicted octanol–water partition coefficient (Wildman–Crippen LogP) is 2.21. The average Bonchev–Trinajstić information content (AvgIpc) is 2.48. The second-order valence-electron chi connectivity index (χ2n) is 3.94. The Kier molecular flexibility index (Phi) is 4.19. The number of hydrogen-bond acceptors (Lipinski definition) is 4. The fourth-order valence-corrected chi connectivity index (χ4v) is 1.89. The second-order valence-corrected chi connectivity index (χ2v) is 3.94. The molecular weight excluding hydrogens is 271 g/mol. The molecular formula is C13H12F3N3O. The summed E-state index contributed by atoms with van der Waals surface area (Å²) in [6.07, 6.45) is 2.82. The molecule has 0 saturated carbocycles. The van der Waals surface area contributed by atoms with Gasteiger partial charge in [0.25, 0.3) is 0 Å². The Bertz CT molecular complexity index is 622. The van der Waals surface area contributed by atoms with E-state index in [1.807, 2.05) is 0 Å². The minimum Gasteiger partial charge on any atom is -0.480 e. The van der Waals surface area contributed by atoms with Crippen LogP contribution in [0.3, 0.4) is 0 Å². The summed E-state index contributed by atoms with van der Waals surface area (Å²) in [6.45, 7) is 0. The van der Waals surface area contributed by atoms with Gasteiger partial charge in [-0.2, -0.15) is 0 Å². The van der Waals surface area contributed by atoms with Crippen LogP contribution >= 0.6 is 0 Å². The normalized spacial score (nSPS) is 12.2. The highest BCUT2D eigenvalue weighted by molar-refractivity contribution is 5.34. The summed E-state index contributed by atoms with van der Waals surface area (Å²) >= 11 is 0. The zero-order valence-electron chi connectivity index (χ0n) is 10.8. The van der Waals surface area contributed by atoms with Gasteiger partial charge in [-0.25, -0.2) is 18.2 Å². The molecule has 1 atom stereocenters. The Morgan fingerprint density at radius 2 is 1.80 bits per heavy atom. The van der Waals surface area contributed by atoms with Gasteiger partial charge in [0.1, 0.15) is 5.69 Å². The highest BCUT2D eigenvalue weighted by Gasteiger charge is 2.25. The second kappa shape index (κ2) is 5.87. The summed E-state index contributed by atoms with van der Waals surface area (Å²) in [7, 11) is 2.93. The lowest BCUT2D eigenvalue weighted by Gasteiger charge is -2.18. The van der Waals surface area contributed by atoms with Gasteiger partial charge in [-0.05, 0) is 13.1 Å². The lowest BCUT2D eigenvalue weighted by atomic mass is 10.0. The molecule has 7 heteroatoms. The van der Waals surface area contributed by atoms with E-state index in [1.54, 1.807) is 7.05 Å². The first-order chi connectivity index (χ1) is 9.60. The van der Waals surface area contributed by atoms with Gasteiger partial charge in [0.2, 0.25) is 5.88 Å². The largest absolute Gasteiger partial charge is 0.480 e. The van der Waals surface area contributed by atoms with Crippen LogP contribution < -0.4 is 10.1 Å². The maximum atomic E-state index is 13.9. The van der Waals surface area contributed by atoms with Gasteiger partial charge in [-0.1, -0.05) is 6.07 Å². The standard InChI is InChI=1S/C13H12F3N3O/c1-17-11(12-13(20-2)19-6-5-18-12)7-3-4-8(14)10(16)9(7)15/h3-6,11,17H,1-2H3. The quantitative estimate of drug-likeness (QED) is 0.874. The van der Waals surface area contributed by atoms with Crippen molar-refractivity contribution in [1.29, 1.82) is 0 Å². The van der Waals surface area contributed by atoms with Crippen molar-refractivity contribution < 1.29 is 17.9 Å². The Morgan fingerprint density at radius 3 is 2.45 bits per heavy atom. The van der Waals surface area contributed by atoms with Gasteiger partial charge in [0.05, 0.1) is 13.2 Å².